The molecule has 0 amide bonds. The molecule has 2 N–H and O–H groups in total. The molecule has 5 heteroatoms. The monoisotopic (exact) mass is 326 g/mol. The first kappa shape index (κ1) is 16.3. The van der Waals surface area contributed by atoms with Gasteiger partial charge in [-0.3, -0.25) is 4.79 Å². The molecule has 5 nitrogen and oxygen atoms in total. The van der Waals surface area contributed by atoms with Crippen molar-refractivity contribution < 1.29 is 14.3 Å². The number of likely N-dealkylation sites (N-methyl/N-ethyl adjacent to an activating group) is 1. The van der Waals surface area contributed by atoms with Crippen LogP contribution in [0, 0.1) is 0 Å². The van der Waals surface area contributed by atoms with Crippen LogP contribution in [0.5, 0.6) is 0 Å². The normalized spacial score (nSPS) is 18.2. The van der Waals surface area contributed by atoms with Crippen LogP contribution in [-0.2, 0) is 14.3 Å². The van der Waals surface area contributed by atoms with Gasteiger partial charge in [0.2, 0.25) is 0 Å². The predicted octanol–water partition coefficient (Wildman–Crippen LogP) is 0.547. The molecule has 0 aromatic heterocycles. The zero-order chi connectivity index (χ0) is 17.1. The van der Waals surface area contributed by atoms with Crippen LogP contribution in [0.4, 0.5) is 5.69 Å². The number of anilines is 1. The van der Waals surface area contributed by atoms with Gasteiger partial charge in [0.15, 0.2) is 0 Å². The predicted molar refractivity (Wildman–Crippen MR) is 94.2 cm³/mol. The average Bonchev–Trinajstić information content (AvgIpc) is 2.54. The minimum Gasteiger partial charge on any atom is -0.485 e. The van der Waals surface area contributed by atoms with Crippen LogP contribution in [0.2, 0.25) is 0 Å². The minimum atomic E-state index is -0.293. The Morgan fingerprint density at radius 3 is 2.92 bits per heavy atom. The van der Waals surface area contributed by atoms with Crippen molar-refractivity contribution in [1.82, 2.24) is 4.90 Å². The van der Waals surface area contributed by atoms with Crippen LogP contribution in [0.15, 0.2) is 42.5 Å². The third-order valence-electron chi connectivity index (χ3n) is 4.01. The van der Waals surface area contributed by atoms with Gasteiger partial charge in [-0.2, -0.15) is 0 Å². The molecular weight excluding hydrogens is 304 g/mol. The van der Waals surface area contributed by atoms with Crippen molar-refractivity contribution >= 4 is 23.0 Å². The summed E-state index contributed by atoms with van der Waals surface area (Å²) in [6.45, 7) is 1.06. The van der Waals surface area contributed by atoms with E-state index in [4.69, 9.17) is 15.2 Å². The number of allylic oxidation sites excluding steroid dienone is 2. The van der Waals surface area contributed by atoms with Crippen LogP contribution in [0.1, 0.15) is 6.42 Å². The first-order chi connectivity index (χ1) is 11.5. The van der Waals surface area contributed by atoms with E-state index in [-0.39, 0.29) is 18.5 Å². The van der Waals surface area contributed by atoms with Crippen LogP contribution in [0.25, 0.3) is 11.3 Å². The largest absolute Gasteiger partial charge is 0.485 e. The Bertz CT molecular complexity index is 822. The van der Waals surface area contributed by atoms with Crippen LogP contribution in [-0.4, -0.2) is 44.2 Å². The van der Waals surface area contributed by atoms with Crippen molar-refractivity contribution in [3.05, 3.63) is 52.9 Å². The fraction of sp³-hybridized carbons (Fsp3) is 0.316. The lowest BCUT2D eigenvalue weighted by molar-refractivity contribution is -0.143. The number of hydrogen-bond donors (Lipinski definition) is 1. The lowest BCUT2D eigenvalue weighted by Crippen LogP contribution is -2.39. The van der Waals surface area contributed by atoms with Gasteiger partial charge in [-0.1, -0.05) is 24.3 Å². The van der Waals surface area contributed by atoms with E-state index in [0.29, 0.717) is 24.6 Å². The van der Waals surface area contributed by atoms with Gasteiger partial charge in [-0.25, -0.2) is 0 Å². The SMILES string of the molecule is CN(C)CCOC(=O)CC1=c2cc(N)ccc2=C2C=CC=CC2O1. The lowest BCUT2D eigenvalue weighted by Gasteiger charge is -2.25. The van der Waals surface area contributed by atoms with Gasteiger partial charge in [-0.05, 0) is 37.5 Å². The molecule has 24 heavy (non-hydrogen) atoms. The molecule has 0 saturated heterocycles. The number of nitrogens with zero attached hydrogens (tertiary/aromatic N) is 1. The maximum Gasteiger partial charge on any atom is 0.313 e. The Labute approximate surface area is 141 Å². The van der Waals surface area contributed by atoms with Gasteiger partial charge in [-0.15, -0.1) is 0 Å². The molecule has 1 unspecified atom stereocenters. The highest BCUT2D eigenvalue weighted by Crippen LogP contribution is 2.22. The smallest absolute Gasteiger partial charge is 0.313 e. The second-order valence-electron chi connectivity index (χ2n) is 6.17. The highest BCUT2D eigenvalue weighted by atomic mass is 16.5. The Morgan fingerprint density at radius 1 is 1.29 bits per heavy atom. The molecule has 126 valence electrons. The van der Waals surface area contributed by atoms with Crippen LogP contribution < -0.4 is 16.2 Å². The molecule has 0 bridgehead atoms. The molecule has 0 spiro atoms. The van der Waals surface area contributed by atoms with E-state index in [1.165, 1.54) is 0 Å². The summed E-state index contributed by atoms with van der Waals surface area (Å²) in [4.78, 5) is 14.1. The minimum absolute atomic E-state index is 0.102. The van der Waals surface area contributed by atoms with E-state index in [9.17, 15) is 4.79 Å². The van der Waals surface area contributed by atoms with Crippen molar-refractivity contribution in [3.63, 3.8) is 0 Å². The number of esters is 1. The molecule has 1 aliphatic heterocycles. The second kappa shape index (κ2) is 6.93. The fourth-order valence-corrected chi connectivity index (χ4v) is 2.79. The number of hydrogen-bond acceptors (Lipinski definition) is 5. The number of carbonyl (C=O) groups is 1. The molecule has 0 radical (unpaired) electrons. The molecule has 1 heterocycles. The van der Waals surface area contributed by atoms with E-state index in [1.807, 2.05) is 61.5 Å². The summed E-state index contributed by atoms with van der Waals surface area (Å²) in [7, 11) is 3.87. The first-order valence-electron chi connectivity index (χ1n) is 7.99. The molecule has 0 saturated carbocycles. The Balaban J connectivity index is 1.91. The maximum absolute atomic E-state index is 12.1. The molecule has 2 aliphatic rings. The molecule has 1 atom stereocenters. The van der Waals surface area contributed by atoms with Crippen molar-refractivity contribution in [2.24, 2.45) is 0 Å². The molecule has 3 rings (SSSR count). The highest BCUT2D eigenvalue weighted by Gasteiger charge is 2.23. The van der Waals surface area contributed by atoms with Crippen LogP contribution >= 0.6 is 0 Å². The lowest BCUT2D eigenvalue weighted by atomic mass is 9.97. The third-order valence-corrected chi connectivity index (χ3v) is 4.01. The number of nitrogen functional groups attached to an aromatic ring is 1. The van der Waals surface area contributed by atoms with Gasteiger partial charge in [0.1, 0.15) is 24.9 Å². The van der Waals surface area contributed by atoms with Crippen molar-refractivity contribution in [2.45, 2.75) is 12.5 Å². The maximum atomic E-state index is 12.1. The molecular formula is C19H22N2O3. The van der Waals surface area contributed by atoms with E-state index in [2.05, 4.69) is 0 Å². The second-order valence-corrected chi connectivity index (χ2v) is 6.17. The summed E-state index contributed by atoms with van der Waals surface area (Å²) in [5.41, 5.74) is 7.65. The number of rotatable bonds is 5. The number of fused-ring (bicyclic) bond motifs is 2. The summed E-state index contributed by atoms with van der Waals surface area (Å²) in [5.74, 6) is 0.319. The Hall–Kier alpha value is -2.53. The van der Waals surface area contributed by atoms with Gasteiger partial charge in [0.25, 0.3) is 0 Å². The number of ether oxygens (including phenoxy) is 2. The summed E-state index contributed by atoms with van der Waals surface area (Å²) in [5, 5.41) is 1.92. The van der Waals surface area contributed by atoms with Crippen molar-refractivity contribution in [1.29, 1.82) is 0 Å². The van der Waals surface area contributed by atoms with Gasteiger partial charge >= 0.3 is 5.97 Å². The zero-order valence-corrected chi connectivity index (χ0v) is 14.0. The van der Waals surface area contributed by atoms with Crippen LogP contribution in [0.3, 0.4) is 0 Å². The third kappa shape index (κ3) is 3.51. The summed E-state index contributed by atoms with van der Waals surface area (Å²) in [6, 6.07) is 5.71. The molecule has 1 aliphatic carbocycles. The van der Waals surface area contributed by atoms with E-state index in [0.717, 1.165) is 16.0 Å². The summed E-state index contributed by atoms with van der Waals surface area (Å²) >= 11 is 0. The Morgan fingerprint density at radius 2 is 2.12 bits per heavy atom. The molecule has 0 fully saturated rings. The molecule has 1 aromatic carbocycles. The van der Waals surface area contributed by atoms with Gasteiger partial charge in [0.05, 0.1) is 0 Å². The molecule has 1 aromatic rings. The standard InChI is InChI=1S/C19H22N2O3/c1-21(2)9-10-23-19(22)12-18-16-11-13(20)7-8-14(16)15-5-3-4-6-17(15)24-18/h3-8,11,17H,9-10,12,20H2,1-2H3. The quantitative estimate of drug-likeness (QED) is 0.632. The number of carbonyl (C=O) groups excluding carboxylic acids is 1. The number of benzene rings is 1. The fourth-order valence-electron chi connectivity index (χ4n) is 2.79. The highest BCUT2D eigenvalue weighted by molar-refractivity contribution is 5.80. The van der Waals surface area contributed by atoms with E-state index in [1.54, 1.807) is 0 Å². The summed E-state index contributed by atoms with van der Waals surface area (Å²) in [6.07, 6.45) is 7.87. The van der Waals surface area contributed by atoms with Gasteiger partial charge in [0, 0.05) is 23.0 Å². The summed E-state index contributed by atoms with van der Waals surface area (Å²) < 4.78 is 11.3. The first-order valence-corrected chi connectivity index (χ1v) is 7.99. The zero-order valence-electron chi connectivity index (χ0n) is 14.0. The average molecular weight is 326 g/mol. The van der Waals surface area contributed by atoms with Crippen molar-refractivity contribution in [2.75, 3.05) is 33.0 Å². The van der Waals surface area contributed by atoms with E-state index < -0.39 is 0 Å². The van der Waals surface area contributed by atoms with E-state index >= 15 is 0 Å². The Kier molecular flexibility index (Phi) is 4.71. The topological polar surface area (TPSA) is 64.8 Å². The van der Waals surface area contributed by atoms with Gasteiger partial charge < -0.3 is 20.1 Å². The van der Waals surface area contributed by atoms with Crippen molar-refractivity contribution in [3.8, 4) is 0 Å². The number of nitrogens with two attached hydrogens (primary N) is 1.